The molecule has 132 valence electrons. The summed E-state index contributed by atoms with van der Waals surface area (Å²) in [6.45, 7) is 3.13. The molecule has 0 spiro atoms. The van der Waals surface area contributed by atoms with Gasteiger partial charge in [-0.25, -0.2) is 0 Å². The van der Waals surface area contributed by atoms with Gasteiger partial charge in [-0.05, 0) is 24.6 Å². The quantitative estimate of drug-likeness (QED) is 0.413. The van der Waals surface area contributed by atoms with Crippen LogP contribution in [0.1, 0.15) is 17.2 Å². The highest BCUT2D eigenvalue weighted by atomic mass is 127. The number of aromatic nitrogens is 3. The minimum Gasteiger partial charge on any atom is -0.349 e. The molecule has 1 heterocycles. The van der Waals surface area contributed by atoms with Crippen LogP contribution in [0.15, 0.2) is 23.2 Å². The molecule has 2 rings (SSSR count). The van der Waals surface area contributed by atoms with Crippen LogP contribution in [0.5, 0.6) is 0 Å². The first kappa shape index (κ1) is 21.0. The minimum absolute atomic E-state index is 0. The molecule has 0 saturated carbocycles. The van der Waals surface area contributed by atoms with Crippen LogP contribution in [0.2, 0.25) is 10.0 Å². The maximum Gasteiger partial charge on any atom is 0.194 e. The summed E-state index contributed by atoms with van der Waals surface area (Å²) in [5.74, 6) is 2.49. The minimum atomic E-state index is 0. The van der Waals surface area contributed by atoms with Crippen molar-refractivity contribution in [1.82, 2.24) is 25.0 Å². The topological polar surface area (TPSA) is 58.3 Å². The van der Waals surface area contributed by atoms with Crippen molar-refractivity contribution in [2.75, 3.05) is 14.1 Å². The van der Waals surface area contributed by atoms with E-state index in [-0.39, 0.29) is 24.0 Å². The zero-order valence-corrected chi connectivity index (χ0v) is 17.9. The fraction of sp³-hybridized carbons (Fsp3) is 0.400. The molecule has 0 saturated heterocycles. The van der Waals surface area contributed by atoms with E-state index < -0.39 is 0 Å². The van der Waals surface area contributed by atoms with Crippen LogP contribution in [0, 0.1) is 6.92 Å². The number of hydrogen-bond donors (Lipinski definition) is 1. The lowest BCUT2D eigenvalue weighted by molar-refractivity contribution is 0.474. The molecular formula is C15H21Cl2IN6. The Morgan fingerprint density at radius 3 is 2.54 bits per heavy atom. The summed E-state index contributed by atoms with van der Waals surface area (Å²) in [6.07, 6.45) is 0. The molecule has 1 aromatic heterocycles. The molecule has 0 amide bonds. The number of guanidine groups is 1. The number of benzene rings is 1. The first-order chi connectivity index (χ1) is 10.9. The van der Waals surface area contributed by atoms with Crippen LogP contribution in [-0.2, 0) is 20.1 Å². The highest BCUT2D eigenvalue weighted by molar-refractivity contribution is 14.0. The highest BCUT2D eigenvalue weighted by Gasteiger charge is 2.10. The summed E-state index contributed by atoms with van der Waals surface area (Å²) < 4.78 is 1.94. The molecule has 0 aliphatic heterocycles. The molecule has 0 fully saturated rings. The Bertz CT molecular complexity index is 716. The molecule has 0 atom stereocenters. The lowest BCUT2D eigenvalue weighted by atomic mass is 10.2. The van der Waals surface area contributed by atoms with Crippen molar-refractivity contribution < 1.29 is 0 Å². The third-order valence-electron chi connectivity index (χ3n) is 3.56. The van der Waals surface area contributed by atoms with Gasteiger partial charge in [0.1, 0.15) is 5.82 Å². The monoisotopic (exact) mass is 482 g/mol. The van der Waals surface area contributed by atoms with Crippen molar-refractivity contribution in [3.8, 4) is 0 Å². The van der Waals surface area contributed by atoms with E-state index in [9.17, 15) is 0 Å². The van der Waals surface area contributed by atoms with Crippen LogP contribution in [0.25, 0.3) is 0 Å². The fourth-order valence-corrected chi connectivity index (χ4v) is 2.46. The van der Waals surface area contributed by atoms with Crippen molar-refractivity contribution in [2.45, 2.75) is 20.0 Å². The van der Waals surface area contributed by atoms with Gasteiger partial charge in [-0.2, -0.15) is 0 Å². The number of halogens is 3. The molecule has 0 aliphatic rings. The van der Waals surface area contributed by atoms with Crippen LogP contribution < -0.4 is 5.32 Å². The van der Waals surface area contributed by atoms with Crippen molar-refractivity contribution in [3.05, 3.63) is 45.5 Å². The van der Waals surface area contributed by atoms with Gasteiger partial charge in [-0.1, -0.05) is 29.3 Å². The lowest BCUT2D eigenvalue weighted by Gasteiger charge is -2.22. The van der Waals surface area contributed by atoms with Crippen LogP contribution in [0.3, 0.4) is 0 Å². The van der Waals surface area contributed by atoms with Gasteiger partial charge < -0.3 is 14.8 Å². The second-order valence-electron chi connectivity index (χ2n) is 5.23. The SMILES string of the molecule is CN=C(NCc1nnc(C)n1C)N(C)Cc1ccc(Cl)c(Cl)c1.I. The Morgan fingerprint density at radius 2 is 2.00 bits per heavy atom. The molecule has 6 nitrogen and oxygen atoms in total. The average molecular weight is 483 g/mol. The molecule has 9 heteroatoms. The fourth-order valence-electron chi connectivity index (χ4n) is 2.13. The zero-order chi connectivity index (χ0) is 17.0. The zero-order valence-electron chi connectivity index (χ0n) is 14.0. The molecule has 0 unspecified atom stereocenters. The maximum atomic E-state index is 6.06. The first-order valence-electron chi connectivity index (χ1n) is 7.13. The van der Waals surface area contributed by atoms with E-state index in [1.807, 2.05) is 42.6 Å². The lowest BCUT2D eigenvalue weighted by Crippen LogP contribution is -2.38. The maximum absolute atomic E-state index is 6.06. The van der Waals surface area contributed by atoms with E-state index >= 15 is 0 Å². The molecule has 0 aliphatic carbocycles. The van der Waals surface area contributed by atoms with Gasteiger partial charge in [0.2, 0.25) is 0 Å². The Kier molecular flexibility index (Phi) is 8.24. The van der Waals surface area contributed by atoms with Gasteiger partial charge in [-0.15, -0.1) is 34.2 Å². The molecule has 2 aromatic rings. The van der Waals surface area contributed by atoms with Gasteiger partial charge in [0.25, 0.3) is 0 Å². The van der Waals surface area contributed by atoms with Crippen molar-refractivity contribution >= 4 is 53.1 Å². The summed E-state index contributed by atoms with van der Waals surface area (Å²) in [5.41, 5.74) is 1.05. The van der Waals surface area contributed by atoms with Gasteiger partial charge in [-0.3, -0.25) is 4.99 Å². The molecule has 0 bridgehead atoms. The van der Waals surface area contributed by atoms with Crippen molar-refractivity contribution in [3.63, 3.8) is 0 Å². The number of aliphatic imine (C=N–C) groups is 1. The van der Waals surface area contributed by atoms with E-state index in [0.29, 0.717) is 23.1 Å². The largest absolute Gasteiger partial charge is 0.349 e. The van der Waals surface area contributed by atoms with Crippen molar-refractivity contribution in [2.24, 2.45) is 12.0 Å². The third-order valence-corrected chi connectivity index (χ3v) is 4.30. The van der Waals surface area contributed by atoms with E-state index in [4.69, 9.17) is 23.2 Å². The Labute approximate surface area is 169 Å². The van der Waals surface area contributed by atoms with Crippen LogP contribution >= 0.6 is 47.2 Å². The Hall–Kier alpha value is -1.06. The Balaban J connectivity index is 0.00000288. The molecule has 0 radical (unpaired) electrons. The van der Waals surface area contributed by atoms with Gasteiger partial charge in [0.05, 0.1) is 16.6 Å². The van der Waals surface area contributed by atoms with E-state index in [1.165, 1.54) is 0 Å². The highest BCUT2D eigenvalue weighted by Crippen LogP contribution is 2.23. The number of hydrogen-bond acceptors (Lipinski definition) is 3. The number of rotatable bonds is 4. The van der Waals surface area contributed by atoms with Crippen LogP contribution in [-0.4, -0.2) is 39.7 Å². The number of nitrogens with zero attached hydrogens (tertiary/aromatic N) is 5. The van der Waals surface area contributed by atoms with E-state index in [2.05, 4.69) is 20.5 Å². The van der Waals surface area contributed by atoms with E-state index in [0.717, 1.165) is 23.2 Å². The van der Waals surface area contributed by atoms with Crippen molar-refractivity contribution in [1.29, 1.82) is 0 Å². The average Bonchev–Trinajstić information content (AvgIpc) is 2.83. The number of aryl methyl sites for hydroxylation is 1. The van der Waals surface area contributed by atoms with Gasteiger partial charge in [0.15, 0.2) is 11.8 Å². The number of nitrogens with one attached hydrogen (secondary N) is 1. The molecular weight excluding hydrogens is 462 g/mol. The smallest absolute Gasteiger partial charge is 0.194 e. The molecule has 1 aromatic carbocycles. The van der Waals surface area contributed by atoms with E-state index in [1.54, 1.807) is 13.1 Å². The summed E-state index contributed by atoms with van der Waals surface area (Å²) in [4.78, 5) is 6.29. The van der Waals surface area contributed by atoms with Gasteiger partial charge >= 0.3 is 0 Å². The normalized spacial score (nSPS) is 11.2. The first-order valence-corrected chi connectivity index (χ1v) is 7.88. The molecule has 24 heavy (non-hydrogen) atoms. The standard InChI is InChI=1S/C15H20Cl2N6.HI/c1-10-20-21-14(23(10)4)8-19-15(18-2)22(3)9-11-5-6-12(16)13(17)7-11;/h5-7H,8-9H2,1-4H3,(H,18,19);1H. The third kappa shape index (κ3) is 5.22. The van der Waals surface area contributed by atoms with Gasteiger partial charge in [0, 0.05) is 27.7 Å². The predicted molar refractivity (Wildman–Crippen MR) is 109 cm³/mol. The summed E-state index contributed by atoms with van der Waals surface area (Å²) in [7, 11) is 5.64. The second-order valence-corrected chi connectivity index (χ2v) is 6.04. The second kappa shape index (κ2) is 9.43. The van der Waals surface area contributed by atoms with Crippen LogP contribution in [0.4, 0.5) is 0 Å². The predicted octanol–water partition coefficient (Wildman–Crippen LogP) is 3.26. The summed E-state index contributed by atoms with van der Waals surface area (Å²) in [6, 6.07) is 5.61. The molecule has 1 N–H and O–H groups in total. The summed E-state index contributed by atoms with van der Waals surface area (Å²) >= 11 is 12.0. The Morgan fingerprint density at radius 1 is 1.29 bits per heavy atom. The summed E-state index contributed by atoms with van der Waals surface area (Å²) in [5, 5.41) is 12.6.